The number of benzene rings is 1. The summed E-state index contributed by atoms with van der Waals surface area (Å²) in [5.41, 5.74) is 1.59. The minimum Gasteiger partial charge on any atom is -0.395 e. The Balaban J connectivity index is 2.45. The van der Waals surface area contributed by atoms with Gasteiger partial charge in [-0.3, -0.25) is 0 Å². The number of aromatic nitrogens is 2. The van der Waals surface area contributed by atoms with Crippen molar-refractivity contribution in [2.75, 3.05) is 6.61 Å². The molecule has 4 heteroatoms. The van der Waals surface area contributed by atoms with Crippen LogP contribution in [0.5, 0.6) is 0 Å². The molecule has 0 aliphatic heterocycles. The van der Waals surface area contributed by atoms with Crippen LogP contribution in [0.1, 0.15) is 5.56 Å². The van der Waals surface area contributed by atoms with Crippen molar-refractivity contribution in [1.82, 2.24) is 9.55 Å². The van der Waals surface area contributed by atoms with Crippen molar-refractivity contribution >= 4 is 0 Å². The molecule has 1 heterocycles. The van der Waals surface area contributed by atoms with Crippen LogP contribution < -0.4 is 0 Å². The number of rotatable bonds is 3. The second-order valence-corrected chi connectivity index (χ2v) is 3.69. The van der Waals surface area contributed by atoms with E-state index in [1.807, 2.05) is 13.0 Å². The monoisotopic (exact) mass is 220 g/mol. The molecule has 0 saturated carbocycles. The first-order valence-electron chi connectivity index (χ1n) is 5.10. The first-order valence-corrected chi connectivity index (χ1v) is 5.10. The molecule has 0 aliphatic carbocycles. The van der Waals surface area contributed by atoms with E-state index < -0.39 is 0 Å². The smallest absolute Gasteiger partial charge is 0.140 e. The number of aliphatic hydroxyl groups is 1. The SMILES string of the molecule is Cc1cc(F)cc(-c2nccn2CCO)c1. The maximum atomic E-state index is 13.3. The Hall–Kier alpha value is -1.68. The Bertz CT molecular complexity index is 473. The summed E-state index contributed by atoms with van der Waals surface area (Å²) in [5.74, 6) is 0.408. The van der Waals surface area contributed by atoms with E-state index in [2.05, 4.69) is 4.98 Å². The highest BCUT2D eigenvalue weighted by atomic mass is 19.1. The first-order chi connectivity index (χ1) is 7.70. The third-order valence-corrected chi connectivity index (χ3v) is 2.36. The van der Waals surface area contributed by atoms with Crippen LogP contribution >= 0.6 is 0 Å². The largest absolute Gasteiger partial charge is 0.395 e. The van der Waals surface area contributed by atoms with Crippen molar-refractivity contribution in [3.05, 3.63) is 42.0 Å². The molecule has 0 saturated heterocycles. The third-order valence-electron chi connectivity index (χ3n) is 2.36. The van der Waals surface area contributed by atoms with E-state index in [1.54, 1.807) is 17.0 Å². The standard InChI is InChI=1S/C12H13FN2O/c1-9-6-10(8-11(13)7-9)12-14-2-3-15(12)4-5-16/h2-3,6-8,16H,4-5H2,1H3. The predicted octanol–water partition coefficient (Wildman–Crippen LogP) is 1.99. The summed E-state index contributed by atoms with van der Waals surface area (Å²) in [6.45, 7) is 2.34. The molecular formula is C12H13FN2O. The number of halogens is 1. The Labute approximate surface area is 93.2 Å². The van der Waals surface area contributed by atoms with Crippen LogP contribution in [0, 0.1) is 12.7 Å². The van der Waals surface area contributed by atoms with Crippen LogP contribution in [0.25, 0.3) is 11.4 Å². The van der Waals surface area contributed by atoms with Crippen LogP contribution in [-0.2, 0) is 6.54 Å². The zero-order chi connectivity index (χ0) is 11.5. The van der Waals surface area contributed by atoms with Gasteiger partial charge in [0, 0.05) is 24.5 Å². The van der Waals surface area contributed by atoms with Gasteiger partial charge in [0.1, 0.15) is 11.6 Å². The van der Waals surface area contributed by atoms with Gasteiger partial charge in [-0.25, -0.2) is 9.37 Å². The fourth-order valence-corrected chi connectivity index (χ4v) is 1.72. The van der Waals surface area contributed by atoms with Crippen molar-refractivity contribution < 1.29 is 9.50 Å². The number of aliphatic hydroxyl groups excluding tert-OH is 1. The second-order valence-electron chi connectivity index (χ2n) is 3.69. The third kappa shape index (κ3) is 2.12. The van der Waals surface area contributed by atoms with Crippen LogP contribution in [-0.4, -0.2) is 21.3 Å². The van der Waals surface area contributed by atoms with E-state index in [0.717, 1.165) is 11.1 Å². The fourth-order valence-electron chi connectivity index (χ4n) is 1.72. The average Bonchev–Trinajstić information content (AvgIpc) is 2.65. The number of nitrogens with zero attached hydrogens (tertiary/aromatic N) is 2. The minimum absolute atomic E-state index is 0.0393. The van der Waals surface area contributed by atoms with Crippen LogP contribution in [0.3, 0.4) is 0 Å². The number of hydrogen-bond acceptors (Lipinski definition) is 2. The average molecular weight is 220 g/mol. The first kappa shape index (κ1) is 10.8. The minimum atomic E-state index is -0.270. The van der Waals surface area contributed by atoms with Crippen molar-refractivity contribution in [3.63, 3.8) is 0 Å². The van der Waals surface area contributed by atoms with E-state index >= 15 is 0 Å². The second kappa shape index (κ2) is 4.45. The van der Waals surface area contributed by atoms with Crippen molar-refractivity contribution in [2.24, 2.45) is 0 Å². The van der Waals surface area contributed by atoms with Gasteiger partial charge in [0.15, 0.2) is 0 Å². The van der Waals surface area contributed by atoms with Crippen LogP contribution in [0.4, 0.5) is 4.39 Å². The summed E-state index contributed by atoms with van der Waals surface area (Å²) in [7, 11) is 0. The number of aryl methyl sites for hydroxylation is 1. The molecule has 0 fully saturated rings. The van der Waals surface area contributed by atoms with Gasteiger partial charge in [-0.15, -0.1) is 0 Å². The normalized spacial score (nSPS) is 10.7. The molecule has 2 rings (SSSR count). The lowest BCUT2D eigenvalue weighted by molar-refractivity contribution is 0.276. The summed E-state index contributed by atoms with van der Waals surface area (Å²) in [5, 5.41) is 8.90. The summed E-state index contributed by atoms with van der Waals surface area (Å²) < 4.78 is 15.1. The summed E-state index contributed by atoms with van der Waals surface area (Å²) in [4.78, 5) is 4.17. The molecule has 16 heavy (non-hydrogen) atoms. The van der Waals surface area contributed by atoms with E-state index in [4.69, 9.17) is 5.11 Å². The Morgan fingerprint density at radius 2 is 2.19 bits per heavy atom. The topological polar surface area (TPSA) is 38.0 Å². The van der Waals surface area contributed by atoms with E-state index in [9.17, 15) is 4.39 Å². The van der Waals surface area contributed by atoms with Gasteiger partial charge in [-0.1, -0.05) is 0 Å². The van der Waals surface area contributed by atoms with Gasteiger partial charge >= 0.3 is 0 Å². The lowest BCUT2D eigenvalue weighted by Gasteiger charge is -2.06. The maximum absolute atomic E-state index is 13.3. The summed E-state index contributed by atoms with van der Waals surface area (Å²) >= 11 is 0. The van der Waals surface area contributed by atoms with Gasteiger partial charge < -0.3 is 9.67 Å². The Kier molecular flexibility index (Phi) is 3.01. The molecule has 0 bridgehead atoms. The Morgan fingerprint density at radius 1 is 1.38 bits per heavy atom. The van der Waals surface area contributed by atoms with E-state index in [0.29, 0.717) is 12.4 Å². The highest BCUT2D eigenvalue weighted by Gasteiger charge is 2.07. The van der Waals surface area contributed by atoms with Gasteiger partial charge in [0.25, 0.3) is 0 Å². The molecule has 0 atom stereocenters. The summed E-state index contributed by atoms with van der Waals surface area (Å²) in [6.07, 6.45) is 3.41. The van der Waals surface area contributed by atoms with Crippen molar-refractivity contribution in [2.45, 2.75) is 13.5 Å². The highest BCUT2D eigenvalue weighted by Crippen LogP contribution is 2.20. The fraction of sp³-hybridized carbons (Fsp3) is 0.250. The van der Waals surface area contributed by atoms with Crippen LogP contribution in [0.15, 0.2) is 30.6 Å². The number of imidazole rings is 1. The lowest BCUT2D eigenvalue weighted by Crippen LogP contribution is -2.03. The molecule has 2 aromatic rings. The molecule has 1 N–H and O–H groups in total. The zero-order valence-electron chi connectivity index (χ0n) is 9.02. The quantitative estimate of drug-likeness (QED) is 0.859. The molecule has 0 amide bonds. The molecule has 1 aromatic carbocycles. The highest BCUT2D eigenvalue weighted by molar-refractivity contribution is 5.56. The molecule has 84 valence electrons. The zero-order valence-corrected chi connectivity index (χ0v) is 9.02. The predicted molar refractivity (Wildman–Crippen MR) is 59.4 cm³/mol. The van der Waals surface area contributed by atoms with Gasteiger partial charge in [0.2, 0.25) is 0 Å². The number of hydrogen-bond donors (Lipinski definition) is 1. The van der Waals surface area contributed by atoms with Crippen LogP contribution in [0.2, 0.25) is 0 Å². The summed E-state index contributed by atoms with van der Waals surface area (Å²) in [6, 6.07) is 4.80. The maximum Gasteiger partial charge on any atom is 0.140 e. The molecule has 0 aliphatic rings. The van der Waals surface area contributed by atoms with E-state index in [1.165, 1.54) is 12.1 Å². The molecule has 0 spiro atoms. The van der Waals surface area contributed by atoms with Gasteiger partial charge in [-0.05, 0) is 30.7 Å². The molecule has 3 nitrogen and oxygen atoms in total. The molecule has 0 radical (unpaired) electrons. The van der Waals surface area contributed by atoms with Gasteiger partial charge in [0.05, 0.1) is 6.61 Å². The van der Waals surface area contributed by atoms with Crippen molar-refractivity contribution in [1.29, 1.82) is 0 Å². The molecular weight excluding hydrogens is 207 g/mol. The molecule has 0 unspecified atom stereocenters. The van der Waals surface area contributed by atoms with Gasteiger partial charge in [-0.2, -0.15) is 0 Å². The van der Waals surface area contributed by atoms with Crippen molar-refractivity contribution in [3.8, 4) is 11.4 Å². The molecule has 1 aromatic heterocycles. The van der Waals surface area contributed by atoms with E-state index in [-0.39, 0.29) is 12.4 Å². The Morgan fingerprint density at radius 3 is 2.88 bits per heavy atom. The lowest BCUT2D eigenvalue weighted by atomic mass is 10.1.